The van der Waals surface area contributed by atoms with E-state index in [-0.39, 0.29) is 0 Å². The summed E-state index contributed by atoms with van der Waals surface area (Å²) in [7, 11) is 0. The lowest BCUT2D eigenvalue weighted by Crippen LogP contribution is -2.48. The number of nitrogens with one attached hydrogen (secondary N) is 1. The lowest BCUT2D eigenvalue weighted by molar-refractivity contribution is 0.0605. The molecule has 1 aliphatic carbocycles. The Morgan fingerprint density at radius 2 is 1.90 bits per heavy atom. The van der Waals surface area contributed by atoms with Crippen molar-refractivity contribution in [2.75, 3.05) is 32.7 Å². The van der Waals surface area contributed by atoms with Crippen LogP contribution in [0.2, 0.25) is 0 Å². The smallest absolute Gasteiger partial charge is 0.00502 e. The van der Waals surface area contributed by atoms with E-state index >= 15 is 0 Å². The Balaban J connectivity index is 1.87. The minimum atomic E-state index is 0.561. The van der Waals surface area contributed by atoms with Crippen LogP contribution < -0.4 is 5.32 Å². The zero-order valence-corrected chi connectivity index (χ0v) is 14.8. The van der Waals surface area contributed by atoms with E-state index in [1.54, 1.807) is 0 Å². The Morgan fingerprint density at radius 1 is 1.14 bits per heavy atom. The predicted molar refractivity (Wildman–Crippen MR) is 92.7 cm³/mol. The van der Waals surface area contributed by atoms with E-state index in [2.05, 4.69) is 31.0 Å². The molecule has 124 valence electrons. The number of nitrogens with zero attached hydrogens (tertiary/aromatic N) is 1. The maximum Gasteiger partial charge on any atom is 0.00502 e. The lowest BCUT2D eigenvalue weighted by atomic mass is 9.69. The highest BCUT2D eigenvalue weighted by atomic mass is 15.1. The molecule has 2 atom stereocenters. The summed E-state index contributed by atoms with van der Waals surface area (Å²) in [5.74, 6) is 1.94. The number of hydrogen-bond donors (Lipinski definition) is 1. The van der Waals surface area contributed by atoms with Gasteiger partial charge in [-0.2, -0.15) is 0 Å². The molecule has 0 amide bonds. The summed E-state index contributed by atoms with van der Waals surface area (Å²) < 4.78 is 0. The van der Waals surface area contributed by atoms with Crippen LogP contribution in [0.25, 0.3) is 0 Å². The van der Waals surface area contributed by atoms with Crippen molar-refractivity contribution in [3.63, 3.8) is 0 Å². The third-order valence-electron chi connectivity index (χ3n) is 5.90. The van der Waals surface area contributed by atoms with Crippen molar-refractivity contribution in [2.24, 2.45) is 17.3 Å². The molecule has 2 nitrogen and oxygen atoms in total. The van der Waals surface area contributed by atoms with E-state index in [0.29, 0.717) is 5.41 Å². The fourth-order valence-corrected chi connectivity index (χ4v) is 4.83. The Hall–Kier alpha value is -0.0800. The van der Waals surface area contributed by atoms with Crippen molar-refractivity contribution in [1.82, 2.24) is 10.2 Å². The average molecular weight is 295 g/mol. The van der Waals surface area contributed by atoms with Gasteiger partial charge in [0, 0.05) is 13.1 Å². The van der Waals surface area contributed by atoms with Gasteiger partial charge in [0.1, 0.15) is 0 Å². The first kappa shape index (κ1) is 17.3. The summed E-state index contributed by atoms with van der Waals surface area (Å²) in [4.78, 5) is 2.79. The normalized spacial score (nSPS) is 32.4. The van der Waals surface area contributed by atoms with Gasteiger partial charge in [0.25, 0.3) is 0 Å². The van der Waals surface area contributed by atoms with Crippen molar-refractivity contribution < 1.29 is 0 Å². The Kier molecular flexibility index (Phi) is 7.01. The van der Waals surface area contributed by atoms with Gasteiger partial charge in [-0.05, 0) is 62.6 Å². The second-order valence-electron chi connectivity index (χ2n) is 7.99. The lowest BCUT2D eigenvalue weighted by Gasteiger charge is -2.45. The van der Waals surface area contributed by atoms with Crippen LogP contribution in [0.5, 0.6) is 0 Å². The summed E-state index contributed by atoms with van der Waals surface area (Å²) in [5, 5.41) is 3.67. The van der Waals surface area contributed by atoms with Gasteiger partial charge < -0.3 is 10.2 Å². The van der Waals surface area contributed by atoms with Gasteiger partial charge in [0.05, 0.1) is 0 Å². The standard InChI is InChI=1S/C19H38N2/c1-4-7-18-9-12-21(13-10-18)16-19(15-20-5-2)11-6-8-17(3)14-19/h17-18,20H,4-16H2,1-3H3. The number of likely N-dealkylation sites (tertiary alicyclic amines) is 1. The monoisotopic (exact) mass is 294 g/mol. The molecule has 21 heavy (non-hydrogen) atoms. The van der Waals surface area contributed by atoms with Crippen molar-refractivity contribution in [3.8, 4) is 0 Å². The SMILES string of the molecule is CCCC1CCN(CC2(CNCC)CCCC(C)C2)CC1. The molecule has 2 fully saturated rings. The summed E-state index contributed by atoms with van der Waals surface area (Å²) in [6.07, 6.45) is 11.5. The first-order valence-corrected chi connectivity index (χ1v) is 9.60. The molecule has 2 unspecified atom stereocenters. The van der Waals surface area contributed by atoms with E-state index in [1.807, 2.05) is 0 Å². The van der Waals surface area contributed by atoms with Gasteiger partial charge in [-0.25, -0.2) is 0 Å². The van der Waals surface area contributed by atoms with Gasteiger partial charge in [-0.1, -0.05) is 46.5 Å². The zero-order chi connectivity index (χ0) is 15.1. The molecule has 0 aromatic heterocycles. The van der Waals surface area contributed by atoms with Gasteiger partial charge in [0.15, 0.2) is 0 Å². The van der Waals surface area contributed by atoms with Crippen LogP contribution in [0, 0.1) is 17.3 Å². The maximum absolute atomic E-state index is 3.67. The predicted octanol–water partition coefficient (Wildman–Crippen LogP) is 4.30. The molecule has 1 aliphatic heterocycles. The first-order chi connectivity index (χ1) is 10.2. The molecule has 0 bridgehead atoms. The molecule has 1 saturated carbocycles. The van der Waals surface area contributed by atoms with Crippen LogP contribution in [0.4, 0.5) is 0 Å². The Bertz CT molecular complexity index is 283. The Morgan fingerprint density at radius 3 is 2.52 bits per heavy atom. The fourth-order valence-electron chi connectivity index (χ4n) is 4.83. The van der Waals surface area contributed by atoms with Crippen molar-refractivity contribution in [3.05, 3.63) is 0 Å². The number of piperidine rings is 1. The van der Waals surface area contributed by atoms with Crippen molar-refractivity contribution in [2.45, 2.75) is 72.1 Å². The van der Waals surface area contributed by atoms with Crippen LogP contribution in [-0.2, 0) is 0 Å². The highest BCUT2D eigenvalue weighted by Crippen LogP contribution is 2.40. The van der Waals surface area contributed by atoms with Crippen LogP contribution in [-0.4, -0.2) is 37.6 Å². The third-order valence-corrected chi connectivity index (χ3v) is 5.90. The summed E-state index contributed by atoms with van der Waals surface area (Å²) in [6.45, 7) is 13.5. The van der Waals surface area contributed by atoms with Gasteiger partial charge in [-0.3, -0.25) is 0 Å². The maximum atomic E-state index is 3.67. The minimum absolute atomic E-state index is 0.561. The van der Waals surface area contributed by atoms with E-state index in [1.165, 1.54) is 77.5 Å². The van der Waals surface area contributed by atoms with Crippen LogP contribution >= 0.6 is 0 Å². The molecule has 0 radical (unpaired) electrons. The molecule has 1 heterocycles. The van der Waals surface area contributed by atoms with Crippen LogP contribution in [0.3, 0.4) is 0 Å². The molecule has 2 aliphatic rings. The highest BCUT2D eigenvalue weighted by molar-refractivity contribution is 4.90. The highest BCUT2D eigenvalue weighted by Gasteiger charge is 2.36. The zero-order valence-electron chi connectivity index (χ0n) is 14.8. The quantitative estimate of drug-likeness (QED) is 0.753. The molecule has 1 N–H and O–H groups in total. The van der Waals surface area contributed by atoms with Gasteiger partial charge >= 0.3 is 0 Å². The summed E-state index contributed by atoms with van der Waals surface area (Å²) in [5.41, 5.74) is 0.561. The summed E-state index contributed by atoms with van der Waals surface area (Å²) in [6, 6.07) is 0. The van der Waals surface area contributed by atoms with E-state index in [9.17, 15) is 0 Å². The second-order valence-corrected chi connectivity index (χ2v) is 7.99. The molecule has 0 aromatic rings. The first-order valence-electron chi connectivity index (χ1n) is 9.60. The van der Waals surface area contributed by atoms with E-state index in [0.717, 1.165) is 18.4 Å². The van der Waals surface area contributed by atoms with Crippen molar-refractivity contribution >= 4 is 0 Å². The molecule has 0 aromatic carbocycles. The molecular weight excluding hydrogens is 256 g/mol. The molecule has 1 saturated heterocycles. The van der Waals surface area contributed by atoms with Gasteiger partial charge in [-0.15, -0.1) is 0 Å². The topological polar surface area (TPSA) is 15.3 Å². The van der Waals surface area contributed by atoms with Crippen LogP contribution in [0.15, 0.2) is 0 Å². The van der Waals surface area contributed by atoms with Gasteiger partial charge in [0.2, 0.25) is 0 Å². The van der Waals surface area contributed by atoms with E-state index in [4.69, 9.17) is 0 Å². The third kappa shape index (κ3) is 5.25. The van der Waals surface area contributed by atoms with E-state index < -0.39 is 0 Å². The molecule has 0 spiro atoms. The van der Waals surface area contributed by atoms with Crippen molar-refractivity contribution in [1.29, 1.82) is 0 Å². The average Bonchev–Trinajstić information content (AvgIpc) is 2.48. The largest absolute Gasteiger partial charge is 0.316 e. The Labute approximate surface area is 133 Å². The number of rotatable bonds is 7. The van der Waals surface area contributed by atoms with Crippen LogP contribution in [0.1, 0.15) is 72.1 Å². The molecule has 2 rings (SSSR count). The fraction of sp³-hybridized carbons (Fsp3) is 1.00. The molecule has 2 heteroatoms. The minimum Gasteiger partial charge on any atom is -0.316 e. The second kappa shape index (κ2) is 8.53. The number of hydrogen-bond acceptors (Lipinski definition) is 2. The molecular formula is C19H38N2. The summed E-state index contributed by atoms with van der Waals surface area (Å²) >= 11 is 0.